The van der Waals surface area contributed by atoms with Crippen molar-refractivity contribution in [2.45, 2.75) is 26.8 Å². The zero-order valence-electron chi connectivity index (χ0n) is 9.90. The fourth-order valence-corrected chi connectivity index (χ4v) is 2.10. The summed E-state index contributed by atoms with van der Waals surface area (Å²) in [6.07, 6.45) is 1.12. The van der Waals surface area contributed by atoms with E-state index in [-0.39, 0.29) is 16.6 Å². The summed E-state index contributed by atoms with van der Waals surface area (Å²) in [7, 11) is -3.11. The van der Waals surface area contributed by atoms with Crippen molar-refractivity contribution in [3.63, 3.8) is 0 Å². The molecular weight excluding hydrogens is 248 g/mol. The third-order valence-corrected chi connectivity index (χ3v) is 3.73. The molecule has 0 fully saturated rings. The van der Waals surface area contributed by atoms with Crippen LogP contribution in [-0.4, -0.2) is 37.4 Å². The monoisotopic (exact) mass is 266 g/mol. The van der Waals surface area contributed by atoms with Crippen LogP contribution in [-0.2, 0) is 14.6 Å². The number of hydrogen-bond donors (Lipinski definition) is 2. The third-order valence-electron chi connectivity index (χ3n) is 2.11. The lowest BCUT2D eigenvalue weighted by atomic mass is 9.92. The quantitative estimate of drug-likeness (QED) is 0.675. The summed E-state index contributed by atoms with van der Waals surface area (Å²) in [5.74, 6) is -0.470. The van der Waals surface area contributed by atoms with Crippen LogP contribution in [0.5, 0.6) is 0 Å². The maximum atomic E-state index is 11.7. The van der Waals surface area contributed by atoms with Gasteiger partial charge in [-0.2, -0.15) is 0 Å². The molecule has 0 radical (unpaired) electrons. The first kappa shape index (κ1) is 15.3. The second-order valence-corrected chi connectivity index (χ2v) is 7.08. The Morgan fingerprint density at radius 2 is 1.94 bits per heavy atom. The molecule has 1 unspecified atom stereocenters. The lowest BCUT2D eigenvalue weighted by Crippen LogP contribution is -2.49. The van der Waals surface area contributed by atoms with E-state index in [1.807, 2.05) is 0 Å². The topological polar surface area (TPSA) is 89.3 Å². The van der Waals surface area contributed by atoms with Crippen LogP contribution in [0.2, 0.25) is 0 Å². The first-order chi connectivity index (χ1) is 6.97. The van der Waals surface area contributed by atoms with Crippen LogP contribution >= 0.6 is 12.2 Å². The summed E-state index contributed by atoms with van der Waals surface area (Å²) >= 11 is 4.77. The number of amides is 1. The highest BCUT2D eigenvalue weighted by Gasteiger charge is 2.31. The lowest BCUT2D eigenvalue weighted by molar-refractivity contribution is -0.126. The molecule has 0 aliphatic carbocycles. The molecule has 0 heterocycles. The first-order valence-electron chi connectivity index (χ1n) is 4.75. The van der Waals surface area contributed by atoms with Gasteiger partial charge in [-0.25, -0.2) is 8.42 Å². The molecule has 0 aliphatic heterocycles. The van der Waals surface area contributed by atoms with Crippen molar-refractivity contribution in [2.75, 3.05) is 12.0 Å². The first-order valence-corrected chi connectivity index (χ1v) is 7.22. The van der Waals surface area contributed by atoms with Gasteiger partial charge < -0.3 is 11.1 Å². The van der Waals surface area contributed by atoms with E-state index in [1.165, 1.54) is 0 Å². The molecule has 5 nitrogen and oxygen atoms in total. The highest BCUT2D eigenvalue weighted by atomic mass is 32.2. The molecule has 0 aromatic heterocycles. The van der Waals surface area contributed by atoms with E-state index in [9.17, 15) is 13.2 Å². The molecule has 16 heavy (non-hydrogen) atoms. The molecule has 3 N–H and O–H groups in total. The molecule has 0 aromatic rings. The number of thiocarbonyl (C=S) groups is 1. The van der Waals surface area contributed by atoms with Gasteiger partial charge in [-0.05, 0) is 20.8 Å². The molecule has 0 saturated heterocycles. The summed E-state index contributed by atoms with van der Waals surface area (Å²) in [5.41, 5.74) is 4.46. The van der Waals surface area contributed by atoms with Crippen LogP contribution in [0.1, 0.15) is 20.8 Å². The number of carbonyl (C=O) groups excluding carboxylic acids is 1. The average Bonchev–Trinajstić information content (AvgIpc) is 1.99. The van der Waals surface area contributed by atoms with Crippen molar-refractivity contribution in [3.8, 4) is 0 Å². The fourth-order valence-electron chi connectivity index (χ4n) is 1.01. The highest BCUT2D eigenvalue weighted by molar-refractivity contribution is 7.90. The predicted octanol–water partition coefficient (Wildman–Crippen LogP) is -0.152. The standard InChI is InChI=1S/C9H18N2O3S2/c1-6(5-16(4,13)14)11-8(12)9(2,3)7(10)15/h6H,5H2,1-4H3,(H2,10,15)(H,11,12). The summed E-state index contributed by atoms with van der Waals surface area (Å²) in [5, 5.41) is 2.57. The van der Waals surface area contributed by atoms with Crippen LogP contribution in [0, 0.1) is 5.41 Å². The Labute approximate surface area is 102 Å². The van der Waals surface area contributed by atoms with E-state index in [4.69, 9.17) is 18.0 Å². The van der Waals surface area contributed by atoms with E-state index in [0.29, 0.717) is 0 Å². The van der Waals surface area contributed by atoms with Crippen molar-refractivity contribution in [1.82, 2.24) is 5.32 Å². The molecule has 1 amide bonds. The summed E-state index contributed by atoms with van der Waals surface area (Å²) in [4.78, 5) is 11.8. The van der Waals surface area contributed by atoms with E-state index >= 15 is 0 Å². The Morgan fingerprint density at radius 1 is 1.50 bits per heavy atom. The summed E-state index contributed by atoms with van der Waals surface area (Å²) in [6.45, 7) is 4.81. The maximum Gasteiger partial charge on any atom is 0.232 e. The van der Waals surface area contributed by atoms with Crippen molar-refractivity contribution in [2.24, 2.45) is 11.1 Å². The summed E-state index contributed by atoms with van der Waals surface area (Å²) in [6, 6.07) is -0.462. The highest BCUT2D eigenvalue weighted by Crippen LogP contribution is 2.15. The Hall–Kier alpha value is -0.690. The number of nitrogens with one attached hydrogen (secondary N) is 1. The molecular formula is C9H18N2O3S2. The molecule has 1 atom stereocenters. The van der Waals surface area contributed by atoms with Crippen molar-refractivity contribution >= 4 is 33.0 Å². The van der Waals surface area contributed by atoms with Gasteiger partial charge in [0.15, 0.2) is 0 Å². The third kappa shape index (κ3) is 4.89. The van der Waals surface area contributed by atoms with Crippen LogP contribution in [0.3, 0.4) is 0 Å². The van der Waals surface area contributed by atoms with Gasteiger partial charge in [0.2, 0.25) is 5.91 Å². The average molecular weight is 266 g/mol. The molecule has 94 valence electrons. The van der Waals surface area contributed by atoms with E-state index in [0.717, 1.165) is 6.26 Å². The van der Waals surface area contributed by atoms with Gasteiger partial charge in [0.1, 0.15) is 9.84 Å². The van der Waals surface area contributed by atoms with Gasteiger partial charge in [-0.3, -0.25) is 4.79 Å². The molecule has 0 aromatic carbocycles. The minimum Gasteiger partial charge on any atom is -0.392 e. The number of nitrogens with two attached hydrogens (primary N) is 1. The minimum atomic E-state index is -3.11. The SMILES string of the molecule is CC(CS(C)(=O)=O)NC(=O)C(C)(C)C(N)=S. The number of sulfone groups is 1. The van der Waals surface area contributed by atoms with E-state index in [1.54, 1.807) is 20.8 Å². The van der Waals surface area contributed by atoms with Gasteiger partial charge in [0.05, 0.1) is 16.2 Å². The van der Waals surface area contributed by atoms with Crippen molar-refractivity contribution in [3.05, 3.63) is 0 Å². The minimum absolute atomic E-state index is 0.0801. The Bertz CT molecular complexity index is 388. The molecule has 0 aliphatic rings. The second kappa shape index (κ2) is 5.09. The summed E-state index contributed by atoms with van der Waals surface area (Å²) < 4.78 is 22.0. The smallest absolute Gasteiger partial charge is 0.232 e. The Morgan fingerprint density at radius 3 is 2.25 bits per heavy atom. The number of hydrogen-bond acceptors (Lipinski definition) is 4. The van der Waals surface area contributed by atoms with Crippen molar-refractivity contribution < 1.29 is 13.2 Å². The fraction of sp³-hybridized carbons (Fsp3) is 0.778. The number of carbonyl (C=O) groups is 1. The zero-order chi connectivity index (χ0) is 13.1. The van der Waals surface area contributed by atoms with Gasteiger partial charge in [-0.1, -0.05) is 12.2 Å². The normalized spacial score (nSPS) is 14.2. The van der Waals surface area contributed by atoms with Crippen molar-refractivity contribution in [1.29, 1.82) is 0 Å². The van der Waals surface area contributed by atoms with Crippen LogP contribution in [0.4, 0.5) is 0 Å². The predicted molar refractivity (Wildman–Crippen MR) is 67.9 cm³/mol. The molecule has 0 rings (SSSR count). The Balaban J connectivity index is 4.53. The lowest BCUT2D eigenvalue weighted by Gasteiger charge is -2.24. The van der Waals surface area contributed by atoms with Gasteiger partial charge in [0, 0.05) is 12.3 Å². The molecule has 0 spiro atoms. The van der Waals surface area contributed by atoms with Gasteiger partial charge in [-0.15, -0.1) is 0 Å². The van der Waals surface area contributed by atoms with E-state index < -0.39 is 21.3 Å². The largest absolute Gasteiger partial charge is 0.392 e. The Kier molecular flexibility index (Phi) is 4.87. The van der Waals surface area contributed by atoms with Crippen LogP contribution in [0.15, 0.2) is 0 Å². The molecule has 0 saturated carbocycles. The van der Waals surface area contributed by atoms with Crippen LogP contribution in [0.25, 0.3) is 0 Å². The molecule has 7 heteroatoms. The van der Waals surface area contributed by atoms with Crippen LogP contribution < -0.4 is 11.1 Å². The second-order valence-electron chi connectivity index (χ2n) is 4.46. The molecule has 0 bridgehead atoms. The van der Waals surface area contributed by atoms with Gasteiger partial charge >= 0.3 is 0 Å². The van der Waals surface area contributed by atoms with E-state index in [2.05, 4.69) is 5.32 Å². The zero-order valence-corrected chi connectivity index (χ0v) is 11.5. The van der Waals surface area contributed by atoms with Gasteiger partial charge in [0.25, 0.3) is 0 Å². The number of rotatable bonds is 5. The maximum absolute atomic E-state index is 11.7.